The number of nitrogens with one attached hydrogen (secondary N) is 1. The number of benzene rings is 1. The number of rotatable bonds is 4. The molecule has 0 radical (unpaired) electrons. The lowest BCUT2D eigenvalue weighted by molar-refractivity contribution is 0.102. The van der Waals surface area contributed by atoms with E-state index >= 15 is 0 Å². The summed E-state index contributed by atoms with van der Waals surface area (Å²) in [5, 5.41) is 7.49. The Morgan fingerprint density at radius 3 is 2.61 bits per heavy atom. The summed E-state index contributed by atoms with van der Waals surface area (Å²) in [5.41, 5.74) is 5.10. The molecule has 0 aliphatic rings. The highest BCUT2D eigenvalue weighted by molar-refractivity contribution is 6.03. The molecule has 10 heteroatoms. The first-order valence-electron chi connectivity index (χ1n) is 11.2. The fraction of sp³-hybridized carbons (Fsp3) is 0.0769. The van der Waals surface area contributed by atoms with Crippen LogP contribution < -0.4 is 5.32 Å². The molecule has 1 N–H and O–H groups in total. The summed E-state index contributed by atoms with van der Waals surface area (Å²) in [6.45, 7) is 1.90. The van der Waals surface area contributed by atoms with E-state index in [0.29, 0.717) is 33.9 Å². The molecule has 0 atom stereocenters. The molecule has 9 nitrogen and oxygen atoms in total. The predicted octanol–water partition coefficient (Wildman–Crippen LogP) is 4.44. The maximum Gasteiger partial charge on any atom is 0.275 e. The van der Waals surface area contributed by atoms with E-state index in [-0.39, 0.29) is 17.4 Å². The summed E-state index contributed by atoms with van der Waals surface area (Å²) in [6.07, 6.45) is 3.32. The minimum Gasteiger partial charge on any atom is -0.330 e. The average Bonchev–Trinajstić information content (AvgIpc) is 3.43. The molecule has 1 amide bonds. The van der Waals surface area contributed by atoms with Crippen LogP contribution in [0.5, 0.6) is 0 Å². The molecule has 36 heavy (non-hydrogen) atoms. The first-order valence-corrected chi connectivity index (χ1v) is 11.2. The zero-order valence-corrected chi connectivity index (χ0v) is 19.3. The first kappa shape index (κ1) is 21.5. The zero-order valence-electron chi connectivity index (χ0n) is 19.3. The third-order valence-electron chi connectivity index (χ3n) is 5.93. The molecule has 5 aromatic heterocycles. The van der Waals surface area contributed by atoms with E-state index in [1.807, 2.05) is 30.7 Å². The van der Waals surface area contributed by atoms with Crippen molar-refractivity contribution in [2.24, 2.45) is 7.05 Å². The molecular weight excluding hydrogens is 459 g/mol. The van der Waals surface area contributed by atoms with E-state index in [0.717, 1.165) is 17.1 Å². The Hall–Kier alpha value is -4.99. The number of carbonyl (C=O) groups is 1. The highest BCUT2D eigenvalue weighted by Crippen LogP contribution is 2.31. The van der Waals surface area contributed by atoms with Crippen LogP contribution in [0.3, 0.4) is 0 Å². The molecule has 176 valence electrons. The minimum atomic E-state index is -0.384. The second-order valence-corrected chi connectivity index (χ2v) is 8.26. The third kappa shape index (κ3) is 3.74. The van der Waals surface area contributed by atoms with Crippen LogP contribution in [-0.2, 0) is 7.05 Å². The van der Waals surface area contributed by atoms with Gasteiger partial charge in [-0.1, -0.05) is 0 Å². The monoisotopic (exact) mass is 478 g/mol. The number of hydrogen-bond donors (Lipinski definition) is 1. The Morgan fingerprint density at radius 1 is 0.944 bits per heavy atom. The van der Waals surface area contributed by atoms with Crippen LogP contribution in [0.2, 0.25) is 0 Å². The average molecular weight is 478 g/mol. The van der Waals surface area contributed by atoms with E-state index in [9.17, 15) is 9.18 Å². The van der Waals surface area contributed by atoms with Gasteiger partial charge in [-0.3, -0.25) is 9.78 Å². The molecule has 0 saturated heterocycles. The third-order valence-corrected chi connectivity index (χ3v) is 5.93. The van der Waals surface area contributed by atoms with E-state index in [1.54, 1.807) is 53.3 Å². The number of nitrogens with zero attached hydrogens (tertiary/aromatic N) is 7. The minimum absolute atomic E-state index is 0.260. The Morgan fingerprint density at radius 2 is 1.78 bits per heavy atom. The second-order valence-electron chi connectivity index (χ2n) is 8.26. The highest BCUT2D eigenvalue weighted by atomic mass is 19.1. The number of imidazole rings is 2. The number of aromatic nitrogens is 7. The van der Waals surface area contributed by atoms with Crippen molar-refractivity contribution in [3.8, 4) is 22.6 Å². The number of carbonyl (C=O) groups excluding carboxylic acids is 1. The van der Waals surface area contributed by atoms with Gasteiger partial charge in [0.1, 0.15) is 23.0 Å². The fourth-order valence-electron chi connectivity index (χ4n) is 4.04. The summed E-state index contributed by atoms with van der Waals surface area (Å²) in [4.78, 5) is 30.5. The van der Waals surface area contributed by atoms with Gasteiger partial charge in [-0.2, -0.15) is 5.10 Å². The molecule has 0 saturated carbocycles. The Kier molecular flexibility index (Phi) is 4.99. The maximum absolute atomic E-state index is 13.5. The molecule has 0 fully saturated rings. The number of pyridine rings is 2. The summed E-state index contributed by atoms with van der Waals surface area (Å²) in [6, 6.07) is 16.8. The van der Waals surface area contributed by atoms with Crippen LogP contribution in [0.25, 0.3) is 39.3 Å². The van der Waals surface area contributed by atoms with Crippen molar-refractivity contribution in [2.45, 2.75) is 6.92 Å². The van der Waals surface area contributed by atoms with Gasteiger partial charge in [0.25, 0.3) is 5.91 Å². The smallest absolute Gasteiger partial charge is 0.275 e. The van der Waals surface area contributed by atoms with Crippen LogP contribution in [0, 0.1) is 12.7 Å². The van der Waals surface area contributed by atoms with Gasteiger partial charge >= 0.3 is 0 Å². The van der Waals surface area contributed by atoms with Crippen molar-refractivity contribution < 1.29 is 9.18 Å². The maximum atomic E-state index is 13.5. The van der Waals surface area contributed by atoms with Crippen LogP contribution >= 0.6 is 0 Å². The largest absolute Gasteiger partial charge is 0.330 e. The van der Waals surface area contributed by atoms with Gasteiger partial charge in [0.05, 0.1) is 28.6 Å². The van der Waals surface area contributed by atoms with Crippen molar-refractivity contribution in [3.05, 3.63) is 90.4 Å². The van der Waals surface area contributed by atoms with Gasteiger partial charge in [0.15, 0.2) is 11.5 Å². The molecule has 0 aliphatic carbocycles. The summed E-state index contributed by atoms with van der Waals surface area (Å²) >= 11 is 0. The molecular formula is C26H19FN8O. The van der Waals surface area contributed by atoms with Crippen molar-refractivity contribution >= 4 is 28.4 Å². The van der Waals surface area contributed by atoms with Gasteiger partial charge in [0.2, 0.25) is 0 Å². The normalized spacial score (nSPS) is 11.3. The van der Waals surface area contributed by atoms with E-state index < -0.39 is 0 Å². The predicted molar refractivity (Wildman–Crippen MR) is 133 cm³/mol. The lowest BCUT2D eigenvalue weighted by Gasteiger charge is -2.07. The molecule has 0 aliphatic heterocycles. The van der Waals surface area contributed by atoms with Crippen LogP contribution in [0.1, 0.15) is 16.3 Å². The first-order chi connectivity index (χ1) is 17.5. The van der Waals surface area contributed by atoms with Crippen LogP contribution in [-0.4, -0.2) is 40.0 Å². The lowest BCUT2D eigenvalue weighted by atomic mass is 10.1. The topological polar surface area (TPSA) is 103 Å². The van der Waals surface area contributed by atoms with E-state index in [4.69, 9.17) is 5.10 Å². The van der Waals surface area contributed by atoms with Gasteiger partial charge < -0.3 is 9.88 Å². The van der Waals surface area contributed by atoms with E-state index in [2.05, 4.69) is 25.3 Å². The fourth-order valence-corrected chi connectivity index (χ4v) is 4.04. The van der Waals surface area contributed by atoms with Crippen LogP contribution in [0.4, 0.5) is 10.2 Å². The van der Waals surface area contributed by atoms with Crippen LogP contribution in [0.15, 0.2) is 73.1 Å². The number of anilines is 1. The standard InChI is InChI=1S/C26H19FN8O/c1-15-29-24(16-5-7-17(27)8-6-16)25(34(15)2)20-11-12-23-31-22(14-35(23)33-20)32-26(36)21-10-9-18-19(30-21)4-3-13-28-18/h3-14H,1-2H3,(H,32,36). The lowest BCUT2D eigenvalue weighted by Crippen LogP contribution is -2.13. The van der Waals surface area contributed by atoms with Crippen molar-refractivity contribution in [3.63, 3.8) is 0 Å². The molecule has 0 unspecified atom stereocenters. The molecule has 5 heterocycles. The number of fused-ring (bicyclic) bond motifs is 2. The van der Waals surface area contributed by atoms with E-state index in [1.165, 1.54) is 12.1 Å². The summed E-state index contributed by atoms with van der Waals surface area (Å²) in [5.74, 6) is 0.446. The van der Waals surface area contributed by atoms with Crippen molar-refractivity contribution in [2.75, 3.05) is 5.32 Å². The SMILES string of the molecule is Cc1nc(-c2ccc(F)cc2)c(-c2ccc3nc(NC(=O)c4ccc5ncccc5n4)cn3n2)n1C. The number of aryl methyl sites for hydroxylation is 1. The van der Waals surface area contributed by atoms with Gasteiger partial charge in [-0.25, -0.2) is 23.9 Å². The van der Waals surface area contributed by atoms with Crippen molar-refractivity contribution in [1.82, 2.24) is 34.1 Å². The van der Waals surface area contributed by atoms with Gasteiger partial charge in [0, 0.05) is 18.8 Å². The Balaban J connectivity index is 1.33. The quantitative estimate of drug-likeness (QED) is 0.402. The van der Waals surface area contributed by atoms with Crippen molar-refractivity contribution in [1.29, 1.82) is 0 Å². The number of hydrogen-bond acceptors (Lipinski definition) is 6. The van der Waals surface area contributed by atoms with Gasteiger partial charge in [-0.15, -0.1) is 0 Å². The number of amides is 1. The molecule has 0 bridgehead atoms. The molecule has 6 aromatic rings. The Labute approximate surface area is 204 Å². The second kappa shape index (κ2) is 8.35. The molecule has 0 spiro atoms. The summed E-state index contributed by atoms with van der Waals surface area (Å²) in [7, 11) is 1.90. The Bertz CT molecular complexity index is 1770. The number of halogens is 1. The molecule has 6 rings (SSSR count). The van der Waals surface area contributed by atoms with Gasteiger partial charge in [-0.05, 0) is 67.6 Å². The zero-order chi connectivity index (χ0) is 24.8. The molecule has 1 aromatic carbocycles. The highest BCUT2D eigenvalue weighted by Gasteiger charge is 2.19. The summed E-state index contributed by atoms with van der Waals surface area (Å²) < 4.78 is 17.0.